The zero-order valence-corrected chi connectivity index (χ0v) is 14.3. The van der Waals surface area contributed by atoms with Crippen LogP contribution >= 0.6 is 15.9 Å². The van der Waals surface area contributed by atoms with Crippen molar-refractivity contribution < 1.29 is 4.79 Å². The number of hydrogen-bond donors (Lipinski definition) is 1. The summed E-state index contributed by atoms with van der Waals surface area (Å²) in [4.78, 5) is 11.9. The van der Waals surface area contributed by atoms with Crippen LogP contribution in [-0.2, 0) is 11.3 Å². The third-order valence-electron chi connectivity index (χ3n) is 3.24. The van der Waals surface area contributed by atoms with Crippen molar-refractivity contribution in [2.45, 2.75) is 6.54 Å². The molecule has 1 amide bonds. The molecule has 5 nitrogen and oxygen atoms in total. The van der Waals surface area contributed by atoms with E-state index in [0.717, 1.165) is 15.7 Å². The number of anilines is 1. The molecule has 1 aromatic heterocycles. The van der Waals surface area contributed by atoms with Gasteiger partial charge in [0.15, 0.2) is 0 Å². The first-order valence-corrected chi connectivity index (χ1v) is 8.17. The van der Waals surface area contributed by atoms with Crippen LogP contribution in [0.1, 0.15) is 11.3 Å². The Hall–Kier alpha value is -2.73. The summed E-state index contributed by atoms with van der Waals surface area (Å²) in [6.45, 7) is 0.645. The highest BCUT2D eigenvalue weighted by Crippen LogP contribution is 2.15. The Morgan fingerprint density at radius 1 is 1.17 bits per heavy atom. The Balaban J connectivity index is 1.59. The summed E-state index contributed by atoms with van der Waals surface area (Å²) in [7, 11) is 0. The molecule has 120 valence electrons. The van der Waals surface area contributed by atoms with Crippen molar-refractivity contribution in [1.29, 1.82) is 0 Å². The molecule has 0 aliphatic rings. The lowest BCUT2D eigenvalue weighted by Crippen LogP contribution is -2.07. The molecule has 6 heteroatoms. The Bertz CT molecular complexity index is 858. The van der Waals surface area contributed by atoms with Gasteiger partial charge in [-0.3, -0.25) is 4.79 Å². The van der Waals surface area contributed by atoms with E-state index >= 15 is 0 Å². The van der Waals surface area contributed by atoms with Gasteiger partial charge >= 0.3 is 0 Å². The van der Waals surface area contributed by atoms with Crippen LogP contribution < -0.4 is 5.32 Å². The highest BCUT2D eigenvalue weighted by Gasteiger charge is 2.01. The molecule has 0 fully saturated rings. The minimum Gasteiger partial charge on any atom is -0.322 e. The third-order valence-corrected chi connectivity index (χ3v) is 3.73. The number of carbonyl (C=O) groups is 1. The Morgan fingerprint density at radius 2 is 2.00 bits per heavy atom. The second-order valence-electron chi connectivity index (χ2n) is 5.16. The lowest BCUT2D eigenvalue weighted by Gasteiger charge is -2.01. The summed E-state index contributed by atoms with van der Waals surface area (Å²) in [5, 5.41) is 10.9. The van der Waals surface area contributed by atoms with E-state index in [0.29, 0.717) is 12.2 Å². The highest BCUT2D eigenvalue weighted by atomic mass is 79.9. The fraction of sp³-hybridized carbons (Fsp3) is 0.0556. The van der Waals surface area contributed by atoms with Crippen molar-refractivity contribution in [1.82, 2.24) is 15.0 Å². The van der Waals surface area contributed by atoms with Crippen molar-refractivity contribution in [2.24, 2.45) is 0 Å². The normalized spacial score (nSPS) is 10.9. The van der Waals surface area contributed by atoms with Crippen molar-refractivity contribution in [3.8, 4) is 0 Å². The summed E-state index contributed by atoms with van der Waals surface area (Å²) in [6.07, 6.45) is 4.88. The number of nitrogens with one attached hydrogen (secondary N) is 1. The van der Waals surface area contributed by atoms with Crippen molar-refractivity contribution >= 4 is 33.6 Å². The Labute approximate surface area is 148 Å². The van der Waals surface area contributed by atoms with Crippen LogP contribution in [0, 0.1) is 0 Å². The molecule has 0 aliphatic heterocycles. The Morgan fingerprint density at radius 3 is 2.79 bits per heavy atom. The van der Waals surface area contributed by atoms with Crippen LogP contribution in [0.3, 0.4) is 0 Å². The predicted molar refractivity (Wildman–Crippen MR) is 97.4 cm³/mol. The molecule has 0 atom stereocenters. The summed E-state index contributed by atoms with van der Waals surface area (Å²) >= 11 is 3.37. The molecule has 3 aromatic rings. The van der Waals surface area contributed by atoms with E-state index in [-0.39, 0.29) is 5.91 Å². The fourth-order valence-electron chi connectivity index (χ4n) is 2.15. The first-order chi connectivity index (χ1) is 11.7. The van der Waals surface area contributed by atoms with Gasteiger partial charge in [-0.15, -0.1) is 5.10 Å². The van der Waals surface area contributed by atoms with E-state index in [1.807, 2.05) is 54.6 Å². The van der Waals surface area contributed by atoms with Gasteiger partial charge < -0.3 is 5.32 Å². The third kappa shape index (κ3) is 4.63. The first-order valence-electron chi connectivity index (χ1n) is 7.38. The van der Waals surface area contributed by atoms with Crippen LogP contribution in [0.5, 0.6) is 0 Å². The number of hydrogen-bond acceptors (Lipinski definition) is 3. The average molecular weight is 383 g/mol. The molecule has 0 saturated carbocycles. The molecule has 1 N–H and O–H groups in total. The minimum absolute atomic E-state index is 0.217. The first kappa shape index (κ1) is 16.1. The number of carbonyl (C=O) groups excluding carboxylic acids is 1. The van der Waals surface area contributed by atoms with E-state index in [9.17, 15) is 4.79 Å². The number of aromatic nitrogens is 3. The maximum atomic E-state index is 11.9. The summed E-state index contributed by atoms with van der Waals surface area (Å²) in [5.74, 6) is -0.217. The number of rotatable bonds is 5. The van der Waals surface area contributed by atoms with Crippen LogP contribution in [0.25, 0.3) is 6.08 Å². The Kier molecular flexibility index (Phi) is 5.18. The van der Waals surface area contributed by atoms with Gasteiger partial charge in [0.2, 0.25) is 5.91 Å². The SMILES string of the molecule is O=C(/C=C/c1cn(Cc2ccccc2)nn1)Nc1cccc(Br)c1. The molecule has 0 spiro atoms. The van der Waals surface area contributed by atoms with Crippen LogP contribution in [0.4, 0.5) is 5.69 Å². The van der Waals surface area contributed by atoms with E-state index in [2.05, 4.69) is 31.6 Å². The molecule has 1 heterocycles. The molecule has 0 saturated heterocycles. The predicted octanol–water partition coefficient (Wildman–Crippen LogP) is 3.74. The highest BCUT2D eigenvalue weighted by molar-refractivity contribution is 9.10. The number of halogens is 1. The molecular weight excluding hydrogens is 368 g/mol. The molecule has 0 radical (unpaired) electrons. The van der Waals surface area contributed by atoms with Gasteiger partial charge in [0.05, 0.1) is 12.7 Å². The largest absolute Gasteiger partial charge is 0.322 e. The quantitative estimate of drug-likeness (QED) is 0.683. The van der Waals surface area contributed by atoms with Crippen LogP contribution in [0.15, 0.2) is 71.3 Å². The van der Waals surface area contributed by atoms with E-state index in [1.54, 1.807) is 17.0 Å². The standard InChI is InChI=1S/C18H15BrN4O/c19-15-7-4-8-16(11-15)20-18(24)10-9-17-13-23(22-21-17)12-14-5-2-1-3-6-14/h1-11,13H,12H2,(H,20,24)/b10-9+. The molecule has 0 unspecified atom stereocenters. The summed E-state index contributed by atoms with van der Waals surface area (Å²) in [5.41, 5.74) is 2.51. The second-order valence-corrected chi connectivity index (χ2v) is 6.08. The maximum absolute atomic E-state index is 11.9. The van der Waals surface area contributed by atoms with Gasteiger partial charge in [-0.05, 0) is 29.8 Å². The fourth-order valence-corrected chi connectivity index (χ4v) is 2.55. The number of nitrogens with zero attached hydrogens (tertiary/aromatic N) is 3. The molecule has 0 aliphatic carbocycles. The summed E-state index contributed by atoms with van der Waals surface area (Å²) in [6, 6.07) is 17.4. The van der Waals surface area contributed by atoms with E-state index < -0.39 is 0 Å². The van der Waals surface area contributed by atoms with Gasteiger partial charge in [-0.1, -0.05) is 57.5 Å². The van der Waals surface area contributed by atoms with Gasteiger partial charge in [0.1, 0.15) is 5.69 Å². The lowest BCUT2D eigenvalue weighted by atomic mass is 10.2. The van der Waals surface area contributed by atoms with E-state index in [1.165, 1.54) is 6.08 Å². The van der Waals surface area contributed by atoms with Crippen LogP contribution in [0.2, 0.25) is 0 Å². The molecule has 0 bridgehead atoms. The van der Waals surface area contributed by atoms with Gasteiger partial charge in [0, 0.05) is 16.2 Å². The molecule has 2 aromatic carbocycles. The molecule has 24 heavy (non-hydrogen) atoms. The topological polar surface area (TPSA) is 59.8 Å². The number of amides is 1. The van der Waals surface area contributed by atoms with Crippen molar-refractivity contribution in [2.75, 3.05) is 5.32 Å². The van der Waals surface area contributed by atoms with Gasteiger partial charge in [-0.2, -0.15) is 0 Å². The van der Waals surface area contributed by atoms with Gasteiger partial charge in [0.25, 0.3) is 0 Å². The monoisotopic (exact) mass is 382 g/mol. The minimum atomic E-state index is -0.217. The maximum Gasteiger partial charge on any atom is 0.248 e. The zero-order chi connectivity index (χ0) is 16.8. The van der Waals surface area contributed by atoms with Crippen molar-refractivity contribution in [3.63, 3.8) is 0 Å². The smallest absolute Gasteiger partial charge is 0.248 e. The molecule has 3 rings (SSSR count). The van der Waals surface area contributed by atoms with E-state index in [4.69, 9.17) is 0 Å². The average Bonchev–Trinajstić information content (AvgIpc) is 3.01. The summed E-state index contributed by atoms with van der Waals surface area (Å²) < 4.78 is 2.65. The van der Waals surface area contributed by atoms with Gasteiger partial charge in [-0.25, -0.2) is 4.68 Å². The number of benzene rings is 2. The molecular formula is C18H15BrN4O. The van der Waals surface area contributed by atoms with Crippen LogP contribution in [-0.4, -0.2) is 20.9 Å². The zero-order valence-electron chi connectivity index (χ0n) is 12.8. The van der Waals surface area contributed by atoms with Crippen molar-refractivity contribution in [3.05, 3.63) is 82.6 Å². The lowest BCUT2D eigenvalue weighted by molar-refractivity contribution is -0.111. The second kappa shape index (κ2) is 7.70.